The minimum atomic E-state index is -0.793. The number of nitrogens with zero attached hydrogens (tertiary/aromatic N) is 2. The van der Waals surface area contributed by atoms with Gasteiger partial charge in [-0.3, -0.25) is 4.79 Å². The molecule has 0 aliphatic heterocycles. The molecule has 1 atom stereocenters. The van der Waals surface area contributed by atoms with Gasteiger partial charge in [0, 0.05) is 18.6 Å². The summed E-state index contributed by atoms with van der Waals surface area (Å²) in [7, 11) is 1.68. The highest BCUT2D eigenvalue weighted by molar-refractivity contribution is 6.31. The molecule has 2 aromatic rings. The van der Waals surface area contributed by atoms with Gasteiger partial charge in [0.2, 0.25) is 5.91 Å². The van der Waals surface area contributed by atoms with Gasteiger partial charge in [-0.1, -0.05) is 60.1 Å². The van der Waals surface area contributed by atoms with Crippen molar-refractivity contribution in [2.45, 2.75) is 12.5 Å². The van der Waals surface area contributed by atoms with Gasteiger partial charge in [0.1, 0.15) is 5.92 Å². The molecule has 0 heterocycles. The van der Waals surface area contributed by atoms with Crippen molar-refractivity contribution in [3.8, 4) is 6.07 Å². The summed E-state index contributed by atoms with van der Waals surface area (Å²) in [6.45, 7) is 0.378. The van der Waals surface area contributed by atoms with Crippen molar-refractivity contribution >= 4 is 17.5 Å². The van der Waals surface area contributed by atoms with E-state index in [1.807, 2.05) is 36.4 Å². The van der Waals surface area contributed by atoms with Gasteiger partial charge >= 0.3 is 0 Å². The zero-order valence-corrected chi connectivity index (χ0v) is 12.4. The summed E-state index contributed by atoms with van der Waals surface area (Å²) < 4.78 is 0. The van der Waals surface area contributed by atoms with Gasteiger partial charge in [-0.05, 0) is 17.2 Å². The molecule has 0 saturated heterocycles. The molecule has 0 radical (unpaired) electrons. The van der Waals surface area contributed by atoms with Crippen molar-refractivity contribution in [3.63, 3.8) is 0 Å². The number of hydrogen-bond donors (Lipinski definition) is 0. The molecule has 0 aromatic heterocycles. The molecule has 4 heteroatoms. The van der Waals surface area contributed by atoms with Gasteiger partial charge in [-0.15, -0.1) is 0 Å². The number of carbonyl (C=O) groups is 1. The number of benzene rings is 2. The Balaban J connectivity index is 2.15. The second-order valence-corrected chi connectivity index (χ2v) is 5.17. The molecule has 0 bridgehead atoms. The zero-order valence-electron chi connectivity index (χ0n) is 11.7. The van der Waals surface area contributed by atoms with Gasteiger partial charge in [0.05, 0.1) is 6.07 Å². The van der Waals surface area contributed by atoms with Gasteiger partial charge < -0.3 is 4.90 Å². The lowest BCUT2D eigenvalue weighted by Gasteiger charge is -2.21. The van der Waals surface area contributed by atoms with E-state index in [0.29, 0.717) is 17.1 Å². The predicted molar refractivity (Wildman–Crippen MR) is 82.7 cm³/mol. The Bertz CT molecular complexity index is 664. The molecule has 0 spiro atoms. The van der Waals surface area contributed by atoms with Crippen molar-refractivity contribution in [1.82, 2.24) is 4.90 Å². The minimum absolute atomic E-state index is 0.233. The Kier molecular flexibility index (Phi) is 4.97. The van der Waals surface area contributed by atoms with Crippen molar-refractivity contribution in [3.05, 3.63) is 70.7 Å². The van der Waals surface area contributed by atoms with Crippen molar-refractivity contribution < 1.29 is 4.79 Å². The third-order valence-corrected chi connectivity index (χ3v) is 3.62. The highest BCUT2D eigenvalue weighted by Gasteiger charge is 2.23. The minimum Gasteiger partial charge on any atom is -0.340 e. The van der Waals surface area contributed by atoms with Crippen LogP contribution in [0.25, 0.3) is 0 Å². The summed E-state index contributed by atoms with van der Waals surface area (Å²) in [5, 5.41) is 9.91. The molecular weight excluding hydrogens is 284 g/mol. The van der Waals surface area contributed by atoms with Crippen LogP contribution in [-0.2, 0) is 11.3 Å². The molecule has 2 aromatic carbocycles. The molecule has 2 rings (SSSR count). The van der Waals surface area contributed by atoms with E-state index < -0.39 is 5.92 Å². The van der Waals surface area contributed by atoms with Crippen LogP contribution in [0.4, 0.5) is 0 Å². The molecular formula is C17H15ClN2O. The van der Waals surface area contributed by atoms with Gasteiger partial charge in [-0.2, -0.15) is 5.26 Å². The molecule has 1 amide bonds. The van der Waals surface area contributed by atoms with E-state index in [4.69, 9.17) is 11.6 Å². The number of nitriles is 1. The SMILES string of the molecule is CN(Cc1ccccc1Cl)C(=O)C(C#N)c1ccccc1. The highest BCUT2D eigenvalue weighted by Crippen LogP contribution is 2.21. The number of amides is 1. The first-order chi connectivity index (χ1) is 10.1. The topological polar surface area (TPSA) is 44.1 Å². The van der Waals surface area contributed by atoms with Crippen LogP contribution >= 0.6 is 11.6 Å². The zero-order chi connectivity index (χ0) is 15.2. The second kappa shape index (κ2) is 6.92. The molecule has 0 aliphatic carbocycles. The van der Waals surface area contributed by atoms with E-state index in [2.05, 4.69) is 6.07 Å². The van der Waals surface area contributed by atoms with Crippen molar-refractivity contribution in [1.29, 1.82) is 5.26 Å². The lowest BCUT2D eigenvalue weighted by molar-refractivity contribution is -0.130. The van der Waals surface area contributed by atoms with Crippen LogP contribution in [0.15, 0.2) is 54.6 Å². The first-order valence-corrected chi connectivity index (χ1v) is 6.94. The van der Waals surface area contributed by atoms with Crippen LogP contribution in [-0.4, -0.2) is 17.9 Å². The maximum Gasteiger partial charge on any atom is 0.244 e. The third-order valence-electron chi connectivity index (χ3n) is 3.25. The molecule has 0 saturated carbocycles. The quantitative estimate of drug-likeness (QED) is 0.865. The summed E-state index contributed by atoms with van der Waals surface area (Å²) in [4.78, 5) is 14.0. The fraction of sp³-hybridized carbons (Fsp3) is 0.176. The van der Waals surface area contributed by atoms with E-state index in [-0.39, 0.29) is 5.91 Å². The number of rotatable bonds is 4. The molecule has 1 unspecified atom stereocenters. The molecule has 0 aliphatic rings. The van der Waals surface area contributed by atoms with Gasteiger partial charge in [0.15, 0.2) is 0 Å². The summed E-state index contributed by atoms with van der Waals surface area (Å²) in [5.74, 6) is -1.03. The summed E-state index contributed by atoms with van der Waals surface area (Å²) in [5.41, 5.74) is 1.57. The monoisotopic (exact) mass is 298 g/mol. The lowest BCUT2D eigenvalue weighted by atomic mass is 9.99. The van der Waals surface area contributed by atoms with Crippen LogP contribution < -0.4 is 0 Å². The molecule has 0 N–H and O–H groups in total. The number of hydrogen-bond acceptors (Lipinski definition) is 2. The molecule has 3 nitrogen and oxygen atoms in total. The first-order valence-electron chi connectivity index (χ1n) is 6.56. The summed E-state index contributed by atoms with van der Waals surface area (Å²) >= 11 is 6.10. The second-order valence-electron chi connectivity index (χ2n) is 4.76. The van der Waals surface area contributed by atoms with Crippen LogP contribution in [0.2, 0.25) is 5.02 Å². The highest BCUT2D eigenvalue weighted by atomic mass is 35.5. The Morgan fingerprint density at radius 1 is 1.19 bits per heavy atom. The van der Waals surface area contributed by atoms with Crippen molar-refractivity contribution in [2.75, 3.05) is 7.05 Å². The average Bonchev–Trinajstić information content (AvgIpc) is 2.51. The Labute approximate surface area is 129 Å². The van der Waals surface area contributed by atoms with Crippen LogP contribution in [0.1, 0.15) is 17.0 Å². The van der Waals surface area contributed by atoms with Gasteiger partial charge in [0.25, 0.3) is 0 Å². The fourth-order valence-electron chi connectivity index (χ4n) is 2.10. The average molecular weight is 299 g/mol. The molecule has 21 heavy (non-hydrogen) atoms. The number of halogens is 1. The summed E-state index contributed by atoms with van der Waals surface area (Å²) in [6.07, 6.45) is 0. The first kappa shape index (κ1) is 15.1. The van der Waals surface area contributed by atoms with E-state index in [9.17, 15) is 10.1 Å². The maximum absolute atomic E-state index is 12.5. The van der Waals surface area contributed by atoms with Crippen LogP contribution in [0.5, 0.6) is 0 Å². The standard InChI is InChI=1S/C17H15ClN2O/c1-20(12-14-9-5-6-10-16(14)18)17(21)15(11-19)13-7-3-2-4-8-13/h2-10,15H,12H2,1H3. The van der Waals surface area contributed by atoms with E-state index in [1.54, 1.807) is 25.2 Å². The molecule has 0 fully saturated rings. The normalized spacial score (nSPS) is 11.5. The summed E-state index contributed by atoms with van der Waals surface area (Å²) in [6, 6.07) is 18.5. The molecule has 106 valence electrons. The third kappa shape index (κ3) is 3.62. The van der Waals surface area contributed by atoms with Crippen LogP contribution in [0, 0.1) is 11.3 Å². The van der Waals surface area contributed by atoms with Crippen molar-refractivity contribution in [2.24, 2.45) is 0 Å². The Morgan fingerprint density at radius 3 is 2.43 bits per heavy atom. The van der Waals surface area contributed by atoms with E-state index in [0.717, 1.165) is 5.56 Å². The smallest absolute Gasteiger partial charge is 0.244 e. The van der Waals surface area contributed by atoms with Crippen LogP contribution in [0.3, 0.4) is 0 Å². The predicted octanol–water partition coefficient (Wildman–Crippen LogP) is 3.61. The Hall–Kier alpha value is -2.31. The van der Waals surface area contributed by atoms with E-state index in [1.165, 1.54) is 4.90 Å². The Morgan fingerprint density at radius 2 is 1.81 bits per heavy atom. The number of likely N-dealkylation sites (N-methyl/N-ethyl adjacent to an activating group) is 1. The maximum atomic E-state index is 12.5. The largest absolute Gasteiger partial charge is 0.340 e. The van der Waals surface area contributed by atoms with Gasteiger partial charge in [-0.25, -0.2) is 0 Å². The van der Waals surface area contributed by atoms with E-state index >= 15 is 0 Å². The fourth-order valence-corrected chi connectivity index (χ4v) is 2.29. The number of carbonyl (C=O) groups excluding carboxylic acids is 1. The lowest BCUT2D eigenvalue weighted by Crippen LogP contribution is -2.30.